The first-order valence-corrected chi connectivity index (χ1v) is 8.55. The number of nitrogens with zero attached hydrogens (tertiary/aromatic N) is 3. The van der Waals surface area contributed by atoms with Crippen molar-refractivity contribution in [2.75, 3.05) is 13.1 Å². The summed E-state index contributed by atoms with van der Waals surface area (Å²) < 4.78 is 1.96. The zero-order valence-corrected chi connectivity index (χ0v) is 14.4. The molecule has 5 heteroatoms. The van der Waals surface area contributed by atoms with E-state index in [9.17, 15) is 9.90 Å². The number of aromatic nitrogens is 2. The number of rotatable bonds is 4. The Labute approximate surface area is 142 Å². The Morgan fingerprint density at radius 1 is 1.25 bits per heavy atom. The molecule has 0 radical (unpaired) electrons. The molecule has 1 aliphatic rings. The zero-order chi connectivity index (χ0) is 17.1. The fraction of sp³-hybridized carbons (Fsp3) is 0.474. The lowest BCUT2D eigenvalue weighted by atomic mass is 9.92. The van der Waals surface area contributed by atoms with Crippen molar-refractivity contribution in [3.8, 4) is 5.75 Å². The Hall–Kier alpha value is -2.14. The molecule has 0 aromatic carbocycles. The molecule has 3 heterocycles. The van der Waals surface area contributed by atoms with Gasteiger partial charge in [0.05, 0.1) is 6.20 Å². The van der Waals surface area contributed by atoms with Gasteiger partial charge in [-0.05, 0) is 29.9 Å². The highest BCUT2D eigenvalue weighted by molar-refractivity contribution is 5.22. The maximum Gasteiger partial charge on any atom is 0.223 e. The number of hydrogen-bond donors (Lipinski definition) is 1. The van der Waals surface area contributed by atoms with E-state index >= 15 is 0 Å². The third-order valence-electron chi connectivity index (χ3n) is 4.60. The number of likely N-dealkylation sites (tertiary alicyclic amines) is 1. The second-order valence-electron chi connectivity index (χ2n) is 7.14. The maximum atomic E-state index is 11.9. The van der Waals surface area contributed by atoms with E-state index in [0.717, 1.165) is 30.9 Å². The van der Waals surface area contributed by atoms with E-state index in [0.29, 0.717) is 18.4 Å². The van der Waals surface area contributed by atoms with Crippen molar-refractivity contribution in [2.45, 2.75) is 33.4 Å². The molecule has 0 aliphatic carbocycles. The average molecular weight is 327 g/mol. The van der Waals surface area contributed by atoms with E-state index in [1.54, 1.807) is 18.5 Å². The largest absolute Gasteiger partial charge is 0.503 e. The minimum absolute atomic E-state index is 0.206. The summed E-state index contributed by atoms with van der Waals surface area (Å²) in [5.74, 6) is 1.14. The van der Waals surface area contributed by atoms with Gasteiger partial charge in [0, 0.05) is 50.3 Å². The van der Waals surface area contributed by atoms with Gasteiger partial charge >= 0.3 is 0 Å². The fourth-order valence-electron chi connectivity index (χ4n) is 3.72. The fourth-order valence-corrected chi connectivity index (χ4v) is 3.72. The predicted molar refractivity (Wildman–Crippen MR) is 93.9 cm³/mol. The van der Waals surface area contributed by atoms with Crippen LogP contribution in [0.25, 0.3) is 0 Å². The monoisotopic (exact) mass is 327 g/mol. The van der Waals surface area contributed by atoms with Crippen LogP contribution in [0, 0.1) is 11.8 Å². The molecule has 1 fully saturated rings. The molecule has 1 aliphatic heterocycles. The normalized spacial score (nSPS) is 21.8. The van der Waals surface area contributed by atoms with Crippen LogP contribution in [0.3, 0.4) is 0 Å². The van der Waals surface area contributed by atoms with E-state index < -0.39 is 0 Å². The SMILES string of the molecule is CC1CC(C)CN(Cc2cc(=O)c(O)cn2Cc2cccnc2)C1. The summed E-state index contributed by atoms with van der Waals surface area (Å²) in [7, 11) is 0. The van der Waals surface area contributed by atoms with Crippen LogP contribution >= 0.6 is 0 Å². The summed E-state index contributed by atoms with van der Waals surface area (Å²) >= 11 is 0. The van der Waals surface area contributed by atoms with Crippen molar-refractivity contribution >= 4 is 0 Å². The highest BCUT2D eigenvalue weighted by atomic mass is 16.3. The Balaban J connectivity index is 1.86. The van der Waals surface area contributed by atoms with Gasteiger partial charge in [0.1, 0.15) is 0 Å². The highest BCUT2D eigenvalue weighted by Gasteiger charge is 2.22. The minimum Gasteiger partial charge on any atom is -0.503 e. The van der Waals surface area contributed by atoms with Crippen LogP contribution in [0.4, 0.5) is 0 Å². The van der Waals surface area contributed by atoms with Gasteiger partial charge in [-0.25, -0.2) is 0 Å². The summed E-state index contributed by atoms with van der Waals surface area (Å²) in [5, 5.41) is 9.83. The van der Waals surface area contributed by atoms with Gasteiger partial charge in [0.15, 0.2) is 5.75 Å². The molecule has 24 heavy (non-hydrogen) atoms. The van der Waals surface area contributed by atoms with Gasteiger partial charge in [-0.1, -0.05) is 19.9 Å². The molecule has 0 bridgehead atoms. The van der Waals surface area contributed by atoms with Crippen molar-refractivity contribution in [3.63, 3.8) is 0 Å². The Morgan fingerprint density at radius 2 is 2.00 bits per heavy atom. The first kappa shape index (κ1) is 16.7. The van der Waals surface area contributed by atoms with Crippen LogP contribution in [-0.4, -0.2) is 32.6 Å². The molecular weight excluding hydrogens is 302 g/mol. The van der Waals surface area contributed by atoms with Crippen molar-refractivity contribution in [1.29, 1.82) is 0 Å². The first-order chi connectivity index (χ1) is 11.5. The molecule has 0 saturated carbocycles. The lowest BCUT2D eigenvalue weighted by Crippen LogP contribution is -2.39. The molecule has 3 rings (SSSR count). The smallest absolute Gasteiger partial charge is 0.223 e. The molecule has 0 amide bonds. The van der Waals surface area contributed by atoms with Crippen molar-refractivity contribution in [2.24, 2.45) is 11.8 Å². The van der Waals surface area contributed by atoms with Gasteiger partial charge in [0.2, 0.25) is 5.43 Å². The van der Waals surface area contributed by atoms with Crippen LogP contribution in [0.2, 0.25) is 0 Å². The molecule has 2 atom stereocenters. The van der Waals surface area contributed by atoms with Crippen molar-refractivity contribution in [3.05, 3.63) is 58.3 Å². The van der Waals surface area contributed by atoms with Crippen LogP contribution in [-0.2, 0) is 13.1 Å². The van der Waals surface area contributed by atoms with Crippen molar-refractivity contribution in [1.82, 2.24) is 14.5 Å². The standard InChI is InChI=1S/C19H25N3O2/c1-14-6-15(2)10-21(9-14)12-17-7-18(23)19(24)13-22(17)11-16-4-3-5-20-8-16/h3-5,7-8,13-15,24H,6,9-12H2,1-2H3. The Morgan fingerprint density at radius 3 is 2.67 bits per heavy atom. The molecule has 1 N–H and O–H groups in total. The van der Waals surface area contributed by atoms with E-state index in [-0.39, 0.29) is 11.2 Å². The van der Waals surface area contributed by atoms with Crippen molar-refractivity contribution < 1.29 is 5.11 Å². The summed E-state index contributed by atoms with van der Waals surface area (Å²) in [6.07, 6.45) is 6.35. The molecule has 1 saturated heterocycles. The van der Waals surface area contributed by atoms with Crippen LogP contribution in [0.5, 0.6) is 5.75 Å². The number of hydrogen-bond acceptors (Lipinski definition) is 4. The third-order valence-corrected chi connectivity index (χ3v) is 4.60. The molecule has 0 spiro atoms. The molecule has 5 nitrogen and oxygen atoms in total. The summed E-state index contributed by atoms with van der Waals surface area (Å²) in [6, 6.07) is 5.46. The second-order valence-corrected chi connectivity index (χ2v) is 7.14. The molecule has 2 aromatic rings. The number of aromatic hydroxyl groups is 1. The summed E-state index contributed by atoms with van der Waals surface area (Å²) in [4.78, 5) is 18.5. The highest BCUT2D eigenvalue weighted by Crippen LogP contribution is 2.22. The van der Waals surface area contributed by atoms with E-state index in [2.05, 4.69) is 23.7 Å². The van der Waals surface area contributed by atoms with Gasteiger partial charge < -0.3 is 9.67 Å². The zero-order valence-electron chi connectivity index (χ0n) is 14.4. The first-order valence-electron chi connectivity index (χ1n) is 8.55. The maximum absolute atomic E-state index is 11.9. The van der Waals surface area contributed by atoms with E-state index in [1.807, 2.05) is 22.9 Å². The number of piperidine rings is 1. The topological polar surface area (TPSA) is 58.4 Å². The van der Waals surface area contributed by atoms with Crippen LogP contribution < -0.4 is 5.43 Å². The third kappa shape index (κ3) is 4.03. The lowest BCUT2D eigenvalue weighted by Gasteiger charge is -2.35. The van der Waals surface area contributed by atoms with Gasteiger partial charge in [-0.3, -0.25) is 14.7 Å². The van der Waals surface area contributed by atoms with Crippen LogP contribution in [0.1, 0.15) is 31.5 Å². The van der Waals surface area contributed by atoms with E-state index in [4.69, 9.17) is 0 Å². The second kappa shape index (κ2) is 7.18. The average Bonchev–Trinajstić information content (AvgIpc) is 2.52. The van der Waals surface area contributed by atoms with Crippen LogP contribution in [0.15, 0.2) is 41.6 Å². The molecular formula is C19H25N3O2. The summed E-state index contributed by atoms with van der Waals surface area (Å²) in [5.41, 5.74) is 1.66. The van der Waals surface area contributed by atoms with Gasteiger partial charge in [-0.15, -0.1) is 0 Å². The minimum atomic E-state index is -0.314. The molecule has 2 unspecified atom stereocenters. The summed E-state index contributed by atoms with van der Waals surface area (Å²) in [6.45, 7) is 7.98. The quantitative estimate of drug-likeness (QED) is 0.937. The van der Waals surface area contributed by atoms with Gasteiger partial charge in [-0.2, -0.15) is 0 Å². The number of pyridine rings is 2. The molecule has 128 valence electrons. The predicted octanol–water partition coefficient (Wildman–Crippen LogP) is 2.48. The molecule has 2 aromatic heterocycles. The Kier molecular flexibility index (Phi) is 5.00. The lowest BCUT2D eigenvalue weighted by molar-refractivity contribution is 0.131. The Bertz CT molecular complexity index is 732. The van der Waals surface area contributed by atoms with Gasteiger partial charge in [0.25, 0.3) is 0 Å². The van der Waals surface area contributed by atoms with E-state index in [1.165, 1.54) is 6.42 Å².